The van der Waals surface area contributed by atoms with Crippen LogP contribution >= 0.6 is 0 Å². The quantitative estimate of drug-likeness (QED) is 0.168. The molecule has 0 radical (unpaired) electrons. The number of hydrogen-bond donors (Lipinski definition) is 0. The van der Waals surface area contributed by atoms with Crippen molar-refractivity contribution in [2.24, 2.45) is 5.92 Å². The molecular weight excluding hydrogens is 791 g/mol. The Bertz CT molecular complexity index is 3590. The van der Waals surface area contributed by atoms with Crippen molar-refractivity contribution in [1.82, 2.24) is 24.1 Å². The second-order valence-corrected chi connectivity index (χ2v) is 19.2. The summed E-state index contributed by atoms with van der Waals surface area (Å²) in [5, 5.41) is 4.70. The Labute approximate surface area is 379 Å². The summed E-state index contributed by atoms with van der Waals surface area (Å²) in [6.07, 6.45) is 1.18. The van der Waals surface area contributed by atoms with Gasteiger partial charge in [-0.3, -0.25) is 4.57 Å². The molecule has 11 aromatic rings. The van der Waals surface area contributed by atoms with Gasteiger partial charge in [-0.25, -0.2) is 4.98 Å². The van der Waals surface area contributed by atoms with E-state index in [-0.39, 0.29) is 10.8 Å². The topological polar surface area (TPSA) is 48.5 Å². The molecule has 8 aromatic carbocycles. The molecule has 3 aromatic heterocycles. The fraction of sp³-hybridized carbons (Fsp3) is 0.150. The highest BCUT2D eigenvalue weighted by atomic mass is 15.2. The highest BCUT2D eigenvalue weighted by molar-refractivity contribution is 6.19. The van der Waals surface area contributed by atoms with E-state index in [4.69, 9.17) is 15.0 Å². The first-order valence-electron chi connectivity index (χ1n) is 22.8. The number of rotatable bonds is 6. The molecular formula is C60H49N5. The number of hydrogen-bond acceptors (Lipinski definition) is 3. The summed E-state index contributed by atoms with van der Waals surface area (Å²) >= 11 is 0. The van der Waals surface area contributed by atoms with E-state index in [2.05, 4.69) is 195 Å². The molecule has 12 rings (SSSR count). The maximum Gasteiger partial charge on any atom is 0.238 e. The van der Waals surface area contributed by atoms with Crippen LogP contribution in [-0.2, 0) is 10.8 Å². The normalized spacial score (nSPS) is 15.5. The molecule has 0 N–H and O–H groups in total. The molecule has 5 heteroatoms. The first-order valence-corrected chi connectivity index (χ1v) is 22.8. The fourth-order valence-electron chi connectivity index (χ4n) is 10.9. The molecule has 314 valence electrons. The van der Waals surface area contributed by atoms with Crippen LogP contribution in [-0.4, -0.2) is 24.1 Å². The van der Waals surface area contributed by atoms with Crippen LogP contribution in [0, 0.1) is 5.92 Å². The number of para-hydroxylation sites is 2. The molecule has 0 bridgehead atoms. The third kappa shape index (κ3) is 6.24. The molecule has 1 unspecified atom stereocenters. The molecule has 0 aliphatic heterocycles. The zero-order valence-corrected chi connectivity index (χ0v) is 37.4. The molecule has 0 fully saturated rings. The molecule has 0 saturated carbocycles. The Morgan fingerprint density at radius 3 is 1.62 bits per heavy atom. The minimum Gasteiger partial charge on any atom is -0.309 e. The van der Waals surface area contributed by atoms with Gasteiger partial charge in [0.1, 0.15) is 0 Å². The van der Waals surface area contributed by atoms with E-state index in [9.17, 15) is 0 Å². The Morgan fingerprint density at radius 2 is 0.954 bits per heavy atom. The van der Waals surface area contributed by atoms with Crippen LogP contribution in [0.25, 0.3) is 100 Å². The number of benzene rings is 8. The zero-order valence-electron chi connectivity index (χ0n) is 37.4. The van der Waals surface area contributed by atoms with Gasteiger partial charge in [0.05, 0.1) is 22.1 Å². The van der Waals surface area contributed by atoms with Gasteiger partial charge in [-0.05, 0) is 99.0 Å². The number of aromatic nitrogens is 5. The molecule has 65 heavy (non-hydrogen) atoms. The molecule has 0 amide bonds. The minimum atomic E-state index is 0.0585. The average molecular weight is 840 g/mol. The van der Waals surface area contributed by atoms with Crippen molar-refractivity contribution < 1.29 is 0 Å². The lowest BCUT2D eigenvalue weighted by molar-refractivity contribution is 0.234. The fourth-order valence-corrected chi connectivity index (χ4v) is 10.9. The number of nitrogens with zero attached hydrogens (tertiary/aromatic N) is 5. The first kappa shape index (κ1) is 39.0. The van der Waals surface area contributed by atoms with Gasteiger partial charge in [0.25, 0.3) is 0 Å². The summed E-state index contributed by atoms with van der Waals surface area (Å²) in [6, 6.07) is 67.7. The average Bonchev–Trinajstić information content (AvgIpc) is 3.85. The minimum absolute atomic E-state index is 0.0585. The standard InChI is InChI=1S/C60H49N5/c1-38-37-59(2,3)50-30-18-29-45(55(50)60(38,4)5)43-25-16-23-41(33-43)42-24-17-26-44(34-42)64-51-31-14-12-27-46(51)48-35-49-47-28-13-15-32-52(47)65(54(49)36-53(48)64)58-62-56(39-19-8-6-9-20-39)61-57(63-58)40-21-10-7-11-22-40/h6-36,38H,37H2,1-5H3. The lowest BCUT2D eigenvalue weighted by Crippen LogP contribution is -2.40. The predicted octanol–water partition coefficient (Wildman–Crippen LogP) is 15.3. The van der Waals surface area contributed by atoms with Crippen LogP contribution in [0.2, 0.25) is 0 Å². The van der Waals surface area contributed by atoms with E-state index in [0.29, 0.717) is 23.5 Å². The smallest absolute Gasteiger partial charge is 0.238 e. The Morgan fingerprint density at radius 1 is 0.431 bits per heavy atom. The summed E-state index contributed by atoms with van der Waals surface area (Å²) in [5.74, 6) is 2.40. The van der Waals surface area contributed by atoms with Crippen LogP contribution in [0.5, 0.6) is 0 Å². The van der Waals surface area contributed by atoms with Gasteiger partial charge in [-0.1, -0.05) is 180 Å². The van der Waals surface area contributed by atoms with Gasteiger partial charge in [0.15, 0.2) is 11.6 Å². The number of fused-ring (bicyclic) bond motifs is 7. The summed E-state index contributed by atoms with van der Waals surface area (Å²) in [4.78, 5) is 15.5. The monoisotopic (exact) mass is 839 g/mol. The Balaban J connectivity index is 1.05. The molecule has 1 aliphatic carbocycles. The summed E-state index contributed by atoms with van der Waals surface area (Å²) in [7, 11) is 0. The van der Waals surface area contributed by atoms with Gasteiger partial charge in [-0.15, -0.1) is 0 Å². The lowest BCUT2D eigenvalue weighted by Gasteiger charge is -2.47. The van der Waals surface area contributed by atoms with E-state index in [0.717, 1.165) is 49.7 Å². The van der Waals surface area contributed by atoms with Crippen molar-refractivity contribution in [3.05, 3.63) is 199 Å². The van der Waals surface area contributed by atoms with Crippen molar-refractivity contribution >= 4 is 43.6 Å². The van der Waals surface area contributed by atoms with Crippen LogP contribution < -0.4 is 0 Å². The predicted molar refractivity (Wildman–Crippen MR) is 270 cm³/mol. The highest BCUT2D eigenvalue weighted by Gasteiger charge is 2.43. The van der Waals surface area contributed by atoms with Crippen LogP contribution in [0.4, 0.5) is 0 Å². The van der Waals surface area contributed by atoms with E-state index in [1.165, 1.54) is 50.6 Å². The zero-order chi connectivity index (χ0) is 44.0. The van der Waals surface area contributed by atoms with Crippen molar-refractivity contribution in [2.45, 2.75) is 51.9 Å². The maximum absolute atomic E-state index is 5.23. The van der Waals surface area contributed by atoms with Gasteiger partial charge in [0, 0.05) is 38.4 Å². The molecule has 1 atom stereocenters. The maximum atomic E-state index is 5.23. The highest BCUT2D eigenvalue weighted by Crippen LogP contribution is 2.52. The molecule has 3 heterocycles. The molecule has 1 aliphatic rings. The first-order chi connectivity index (χ1) is 31.6. The van der Waals surface area contributed by atoms with Crippen LogP contribution in [0.15, 0.2) is 188 Å². The lowest BCUT2D eigenvalue weighted by atomic mass is 9.57. The summed E-state index contributed by atoms with van der Waals surface area (Å²) < 4.78 is 4.65. The van der Waals surface area contributed by atoms with Gasteiger partial charge < -0.3 is 4.57 Å². The second kappa shape index (κ2) is 14.7. The van der Waals surface area contributed by atoms with Gasteiger partial charge in [0.2, 0.25) is 5.95 Å². The molecule has 0 spiro atoms. The third-order valence-electron chi connectivity index (χ3n) is 14.5. The summed E-state index contributed by atoms with van der Waals surface area (Å²) in [5.41, 5.74) is 15.5. The second-order valence-electron chi connectivity index (χ2n) is 19.2. The van der Waals surface area contributed by atoms with Crippen LogP contribution in [0.1, 0.15) is 52.2 Å². The Hall–Kier alpha value is -7.63. The van der Waals surface area contributed by atoms with E-state index < -0.39 is 0 Å². The SMILES string of the molecule is CC1CC(C)(C)c2cccc(-c3cccc(-c4cccc(-n5c6ccccc6c6cc7c8ccccc8n(-c8nc(-c9ccccc9)nc(-c9ccccc9)n8)c7cc65)c4)c3)c2C1(C)C. The van der Waals surface area contributed by atoms with Gasteiger partial charge >= 0.3 is 0 Å². The van der Waals surface area contributed by atoms with E-state index >= 15 is 0 Å². The van der Waals surface area contributed by atoms with Crippen molar-refractivity contribution in [3.63, 3.8) is 0 Å². The van der Waals surface area contributed by atoms with Crippen molar-refractivity contribution in [1.29, 1.82) is 0 Å². The molecule has 0 saturated heterocycles. The van der Waals surface area contributed by atoms with Crippen LogP contribution in [0.3, 0.4) is 0 Å². The van der Waals surface area contributed by atoms with E-state index in [1.54, 1.807) is 0 Å². The van der Waals surface area contributed by atoms with Crippen molar-refractivity contribution in [2.75, 3.05) is 0 Å². The van der Waals surface area contributed by atoms with Crippen molar-refractivity contribution in [3.8, 4) is 56.7 Å². The van der Waals surface area contributed by atoms with E-state index in [1.807, 2.05) is 36.4 Å². The Kier molecular flexibility index (Phi) is 8.83. The third-order valence-corrected chi connectivity index (χ3v) is 14.5. The molecule has 5 nitrogen and oxygen atoms in total. The largest absolute Gasteiger partial charge is 0.309 e. The summed E-state index contributed by atoms with van der Waals surface area (Å²) in [6.45, 7) is 12.1. The van der Waals surface area contributed by atoms with Gasteiger partial charge in [-0.2, -0.15) is 9.97 Å².